The number of amides is 1. The van der Waals surface area contributed by atoms with Crippen LogP contribution in [0.1, 0.15) is 11.1 Å². The van der Waals surface area contributed by atoms with Gasteiger partial charge in [-0.3, -0.25) is 4.79 Å². The van der Waals surface area contributed by atoms with E-state index in [-0.39, 0.29) is 11.7 Å². The predicted octanol–water partition coefficient (Wildman–Crippen LogP) is 4.51. The average molecular weight is 301 g/mol. The second-order valence-corrected chi connectivity index (χ2v) is 5.43. The summed E-state index contributed by atoms with van der Waals surface area (Å²) in [6.45, 7) is 1.82. The average Bonchev–Trinajstić information content (AvgIpc) is 2.49. The van der Waals surface area contributed by atoms with Gasteiger partial charge in [-0.15, -0.1) is 11.8 Å². The molecule has 1 N–H and O–H groups in total. The number of carbonyl (C=O) groups is 1. The van der Waals surface area contributed by atoms with Crippen molar-refractivity contribution in [1.82, 2.24) is 0 Å². The first-order valence-corrected chi connectivity index (χ1v) is 7.70. The Morgan fingerprint density at radius 3 is 2.57 bits per heavy atom. The normalized spacial score (nSPS) is 10.8. The molecule has 0 saturated heterocycles. The molecule has 0 heterocycles. The topological polar surface area (TPSA) is 29.1 Å². The summed E-state index contributed by atoms with van der Waals surface area (Å²) in [5, 5.41) is 2.67. The van der Waals surface area contributed by atoms with Gasteiger partial charge in [0.15, 0.2) is 0 Å². The molecule has 1 amide bonds. The molecule has 0 saturated carbocycles. The van der Waals surface area contributed by atoms with E-state index in [2.05, 4.69) is 5.32 Å². The molecule has 0 bridgehead atoms. The molecule has 0 fully saturated rings. The van der Waals surface area contributed by atoms with Crippen LogP contribution >= 0.6 is 11.8 Å². The van der Waals surface area contributed by atoms with Crippen molar-refractivity contribution in [2.75, 3.05) is 11.6 Å². The second-order valence-electron chi connectivity index (χ2n) is 4.55. The lowest BCUT2D eigenvalue weighted by Gasteiger charge is -2.06. The predicted molar refractivity (Wildman–Crippen MR) is 87.0 cm³/mol. The monoisotopic (exact) mass is 301 g/mol. The SMILES string of the molecule is CSc1ccc(/C=C/C(=O)Nc2cc(F)ccc2C)cc1. The van der Waals surface area contributed by atoms with Crippen molar-refractivity contribution < 1.29 is 9.18 Å². The minimum Gasteiger partial charge on any atom is -0.322 e. The number of hydrogen-bond donors (Lipinski definition) is 1. The van der Waals surface area contributed by atoms with Gasteiger partial charge in [0.25, 0.3) is 0 Å². The van der Waals surface area contributed by atoms with Crippen molar-refractivity contribution in [3.63, 3.8) is 0 Å². The third kappa shape index (κ3) is 4.46. The molecule has 4 heteroatoms. The molecule has 0 spiro atoms. The van der Waals surface area contributed by atoms with E-state index in [1.807, 2.05) is 37.4 Å². The highest BCUT2D eigenvalue weighted by Gasteiger charge is 2.03. The maximum absolute atomic E-state index is 13.1. The molecule has 0 aliphatic rings. The number of rotatable bonds is 4. The van der Waals surface area contributed by atoms with E-state index in [0.717, 1.165) is 11.1 Å². The fourth-order valence-electron chi connectivity index (χ4n) is 1.79. The Hall–Kier alpha value is -2.07. The molecule has 0 aliphatic heterocycles. The number of nitrogens with one attached hydrogen (secondary N) is 1. The molecule has 2 nitrogen and oxygen atoms in total. The zero-order valence-electron chi connectivity index (χ0n) is 11.9. The van der Waals surface area contributed by atoms with Gasteiger partial charge in [0.2, 0.25) is 5.91 Å². The third-order valence-corrected chi connectivity index (χ3v) is 3.74. The molecule has 0 aromatic heterocycles. The molecule has 108 valence electrons. The van der Waals surface area contributed by atoms with E-state index in [1.54, 1.807) is 23.9 Å². The smallest absolute Gasteiger partial charge is 0.248 e. The molecule has 2 rings (SSSR count). The Morgan fingerprint density at radius 2 is 1.90 bits per heavy atom. The van der Waals surface area contributed by atoms with E-state index in [4.69, 9.17) is 0 Å². The quantitative estimate of drug-likeness (QED) is 0.665. The van der Waals surface area contributed by atoms with Gasteiger partial charge in [-0.05, 0) is 54.6 Å². The summed E-state index contributed by atoms with van der Waals surface area (Å²) in [6, 6.07) is 12.2. The van der Waals surface area contributed by atoms with Gasteiger partial charge in [0, 0.05) is 16.7 Å². The Balaban J connectivity index is 2.03. The van der Waals surface area contributed by atoms with Crippen LogP contribution in [0.4, 0.5) is 10.1 Å². The number of anilines is 1. The number of thioether (sulfide) groups is 1. The molecular weight excluding hydrogens is 285 g/mol. The molecule has 2 aromatic carbocycles. The van der Waals surface area contributed by atoms with Crippen LogP contribution in [0.3, 0.4) is 0 Å². The van der Waals surface area contributed by atoms with E-state index < -0.39 is 0 Å². The number of carbonyl (C=O) groups excluding carboxylic acids is 1. The highest BCUT2D eigenvalue weighted by atomic mass is 32.2. The van der Waals surface area contributed by atoms with Crippen LogP contribution in [0, 0.1) is 12.7 Å². The standard InChI is InChI=1S/C17H16FNOS/c1-12-3-7-14(18)11-16(12)19-17(20)10-6-13-4-8-15(21-2)9-5-13/h3-11H,1-2H3,(H,19,20)/b10-6+. The zero-order chi connectivity index (χ0) is 15.2. The number of aryl methyl sites for hydroxylation is 1. The number of benzene rings is 2. The van der Waals surface area contributed by atoms with Gasteiger partial charge in [-0.25, -0.2) is 4.39 Å². The Morgan fingerprint density at radius 1 is 1.19 bits per heavy atom. The van der Waals surface area contributed by atoms with Crippen molar-refractivity contribution in [3.05, 3.63) is 65.5 Å². The van der Waals surface area contributed by atoms with Gasteiger partial charge in [-0.2, -0.15) is 0 Å². The highest BCUT2D eigenvalue weighted by molar-refractivity contribution is 7.98. The molecule has 0 aliphatic carbocycles. The van der Waals surface area contributed by atoms with Crippen LogP contribution in [-0.2, 0) is 4.79 Å². The maximum atomic E-state index is 13.1. The lowest BCUT2D eigenvalue weighted by molar-refractivity contribution is -0.111. The molecule has 0 unspecified atom stereocenters. The minimum atomic E-state index is -0.368. The van der Waals surface area contributed by atoms with Crippen molar-refractivity contribution in [2.45, 2.75) is 11.8 Å². The Bertz CT molecular complexity index is 665. The van der Waals surface area contributed by atoms with Crippen LogP contribution in [0.2, 0.25) is 0 Å². The van der Waals surface area contributed by atoms with Crippen molar-refractivity contribution >= 4 is 29.4 Å². The van der Waals surface area contributed by atoms with Gasteiger partial charge in [0.05, 0.1) is 0 Å². The largest absolute Gasteiger partial charge is 0.322 e. The minimum absolute atomic E-state index is 0.280. The van der Waals surface area contributed by atoms with Crippen molar-refractivity contribution in [1.29, 1.82) is 0 Å². The lowest BCUT2D eigenvalue weighted by atomic mass is 10.2. The van der Waals surface area contributed by atoms with Crippen molar-refractivity contribution in [3.8, 4) is 0 Å². The first-order chi connectivity index (χ1) is 10.1. The summed E-state index contributed by atoms with van der Waals surface area (Å²) >= 11 is 1.67. The Labute approximate surface area is 128 Å². The number of hydrogen-bond acceptors (Lipinski definition) is 2. The van der Waals surface area contributed by atoms with Crippen LogP contribution in [-0.4, -0.2) is 12.2 Å². The van der Waals surface area contributed by atoms with Gasteiger partial charge in [0.1, 0.15) is 5.82 Å². The second kappa shape index (κ2) is 7.09. The summed E-state index contributed by atoms with van der Waals surface area (Å²) in [4.78, 5) is 13.0. The summed E-state index contributed by atoms with van der Waals surface area (Å²) < 4.78 is 13.1. The molecule has 0 atom stereocenters. The van der Waals surface area contributed by atoms with Crippen LogP contribution in [0.15, 0.2) is 53.4 Å². The molecule has 2 aromatic rings. The van der Waals surface area contributed by atoms with Gasteiger partial charge in [-0.1, -0.05) is 18.2 Å². The van der Waals surface area contributed by atoms with E-state index in [1.165, 1.54) is 23.1 Å². The number of halogens is 1. The zero-order valence-corrected chi connectivity index (χ0v) is 12.7. The summed E-state index contributed by atoms with van der Waals surface area (Å²) in [7, 11) is 0. The maximum Gasteiger partial charge on any atom is 0.248 e. The molecule has 21 heavy (non-hydrogen) atoms. The summed E-state index contributed by atoms with van der Waals surface area (Å²) in [5.41, 5.74) is 2.25. The Kier molecular flexibility index (Phi) is 5.17. The summed E-state index contributed by atoms with van der Waals surface area (Å²) in [6.07, 6.45) is 5.19. The fraction of sp³-hybridized carbons (Fsp3) is 0.118. The van der Waals surface area contributed by atoms with Crippen LogP contribution < -0.4 is 5.32 Å². The lowest BCUT2D eigenvalue weighted by Crippen LogP contribution is -2.09. The van der Waals surface area contributed by atoms with E-state index in [9.17, 15) is 9.18 Å². The fourth-order valence-corrected chi connectivity index (χ4v) is 2.20. The van der Waals surface area contributed by atoms with Crippen LogP contribution in [0.5, 0.6) is 0 Å². The highest BCUT2D eigenvalue weighted by Crippen LogP contribution is 2.17. The first kappa shape index (κ1) is 15.3. The summed E-state index contributed by atoms with van der Waals surface area (Å²) in [5.74, 6) is -0.648. The van der Waals surface area contributed by atoms with Crippen LogP contribution in [0.25, 0.3) is 6.08 Å². The van der Waals surface area contributed by atoms with Gasteiger partial charge >= 0.3 is 0 Å². The third-order valence-electron chi connectivity index (χ3n) is 3.00. The molecular formula is C17H16FNOS. The van der Waals surface area contributed by atoms with E-state index >= 15 is 0 Å². The molecule has 0 radical (unpaired) electrons. The van der Waals surface area contributed by atoms with Gasteiger partial charge < -0.3 is 5.32 Å². The van der Waals surface area contributed by atoms with Crippen molar-refractivity contribution in [2.24, 2.45) is 0 Å². The first-order valence-electron chi connectivity index (χ1n) is 6.48. The van der Waals surface area contributed by atoms with E-state index in [0.29, 0.717) is 5.69 Å².